The van der Waals surface area contributed by atoms with Crippen LogP contribution in [0.4, 0.5) is 0 Å². The highest BCUT2D eigenvalue weighted by Gasteiger charge is 2.28. The van der Waals surface area contributed by atoms with Gasteiger partial charge in [0.05, 0.1) is 12.5 Å². The van der Waals surface area contributed by atoms with Gasteiger partial charge in [0.1, 0.15) is 0 Å². The molecule has 0 bridgehead atoms. The number of carbonyl (C=O) groups excluding carboxylic acids is 1. The average molecular weight is 187 g/mol. The minimum atomic E-state index is 0.173. The van der Waals surface area contributed by atoms with E-state index in [9.17, 15) is 4.79 Å². The van der Waals surface area contributed by atoms with Crippen LogP contribution in [-0.2, 0) is 4.79 Å². The Morgan fingerprint density at radius 1 is 1.21 bits per heavy atom. The largest absolute Gasteiger partial charge is 0.349 e. The van der Waals surface area contributed by atoms with Gasteiger partial charge in [-0.1, -0.05) is 24.3 Å². The summed E-state index contributed by atoms with van der Waals surface area (Å²) in [7, 11) is 0. The van der Waals surface area contributed by atoms with Crippen molar-refractivity contribution in [1.82, 2.24) is 5.32 Å². The van der Waals surface area contributed by atoms with Gasteiger partial charge >= 0.3 is 0 Å². The lowest BCUT2D eigenvalue weighted by Crippen LogP contribution is -2.41. The summed E-state index contributed by atoms with van der Waals surface area (Å²) in [4.78, 5) is 10.8. The molecule has 72 valence electrons. The van der Waals surface area contributed by atoms with Gasteiger partial charge in [0, 0.05) is 0 Å². The first-order valence-electron chi connectivity index (χ1n) is 5.22. The van der Waals surface area contributed by atoms with Gasteiger partial charge in [0.25, 0.3) is 0 Å². The highest BCUT2D eigenvalue weighted by molar-refractivity contribution is 5.83. The van der Waals surface area contributed by atoms with Gasteiger partial charge in [-0.05, 0) is 29.9 Å². The number of hydrogen-bond donors (Lipinski definition) is 1. The molecule has 14 heavy (non-hydrogen) atoms. The summed E-state index contributed by atoms with van der Waals surface area (Å²) in [6.07, 6.45) is 3.33. The zero-order valence-corrected chi connectivity index (χ0v) is 7.99. The number of rotatable bonds is 2. The van der Waals surface area contributed by atoms with Gasteiger partial charge < -0.3 is 5.32 Å². The van der Waals surface area contributed by atoms with E-state index < -0.39 is 0 Å². The zero-order chi connectivity index (χ0) is 9.54. The monoisotopic (exact) mass is 187 g/mol. The smallest absolute Gasteiger partial charge is 0.222 e. The van der Waals surface area contributed by atoms with Crippen LogP contribution in [0.5, 0.6) is 0 Å². The molecule has 1 N–H and O–H groups in total. The molecule has 2 heteroatoms. The molecule has 1 amide bonds. The molecule has 2 nitrogen and oxygen atoms in total. The fourth-order valence-corrected chi connectivity index (χ4v) is 2.01. The third-order valence-corrected chi connectivity index (χ3v) is 3.09. The van der Waals surface area contributed by atoms with Crippen LogP contribution in [-0.4, -0.2) is 5.91 Å². The summed E-state index contributed by atoms with van der Waals surface area (Å²) in [6, 6.07) is 8.94. The molecule has 1 aromatic carbocycles. The van der Waals surface area contributed by atoms with E-state index in [1.165, 1.54) is 24.0 Å². The molecule has 1 aliphatic heterocycles. The predicted molar refractivity (Wildman–Crippen MR) is 53.9 cm³/mol. The molecule has 1 saturated heterocycles. The van der Waals surface area contributed by atoms with E-state index in [4.69, 9.17) is 0 Å². The van der Waals surface area contributed by atoms with Gasteiger partial charge in [-0.3, -0.25) is 4.79 Å². The van der Waals surface area contributed by atoms with Crippen molar-refractivity contribution in [3.8, 4) is 0 Å². The molecule has 2 fully saturated rings. The molecular formula is C12H13NO. The Balaban J connectivity index is 1.83. The number of nitrogens with one attached hydrogen (secondary N) is 1. The maximum Gasteiger partial charge on any atom is 0.222 e. The van der Waals surface area contributed by atoms with Crippen molar-refractivity contribution in [2.24, 2.45) is 0 Å². The lowest BCUT2D eigenvalue weighted by Gasteiger charge is -2.27. The number of β-lactam (4-membered cyclic amide) rings is 1. The highest BCUT2D eigenvalue weighted by atomic mass is 16.2. The number of benzene rings is 1. The molecule has 1 aromatic rings. The summed E-state index contributed by atoms with van der Waals surface area (Å²) in [5.41, 5.74) is 2.72. The Morgan fingerprint density at radius 3 is 2.57 bits per heavy atom. The summed E-state index contributed by atoms with van der Waals surface area (Å²) in [6.45, 7) is 0. The van der Waals surface area contributed by atoms with Crippen molar-refractivity contribution in [1.29, 1.82) is 0 Å². The lowest BCUT2D eigenvalue weighted by atomic mass is 9.95. The van der Waals surface area contributed by atoms with Crippen molar-refractivity contribution in [3.63, 3.8) is 0 Å². The van der Waals surface area contributed by atoms with E-state index >= 15 is 0 Å². The van der Waals surface area contributed by atoms with Crippen molar-refractivity contribution < 1.29 is 4.79 Å². The molecule has 1 heterocycles. The summed E-state index contributed by atoms with van der Waals surface area (Å²) in [5.74, 6) is 0.970. The highest BCUT2D eigenvalue weighted by Crippen LogP contribution is 2.41. The van der Waals surface area contributed by atoms with Gasteiger partial charge in [0.2, 0.25) is 5.91 Å². The Labute approximate surface area is 83.3 Å². The van der Waals surface area contributed by atoms with E-state index in [0.29, 0.717) is 6.42 Å². The van der Waals surface area contributed by atoms with Crippen molar-refractivity contribution in [3.05, 3.63) is 35.4 Å². The second-order valence-electron chi connectivity index (χ2n) is 4.27. The summed E-state index contributed by atoms with van der Waals surface area (Å²) in [5, 5.41) is 2.91. The first-order valence-corrected chi connectivity index (χ1v) is 5.22. The van der Waals surface area contributed by atoms with Crippen LogP contribution in [0.2, 0.25) is 0 Å². The molecule has 0 spiro atoms. The standard InChI is InChI=1S/C12H13NO/c14-12-7-11(13-12)10-3-1-2-9(6-10)8-4-5-8/h1-3,6,8,11H,4-5,7H2,(H,13,14). The summed E-state index contributed by atoms with van der Waals surface area (Å²) >= 11 is 0. The maximum atomic E-state index is 10.8. The molecule has 0 aromatic heterocycles. The molecular weight excluding hydrogens is 174 g/mol. The SMILES string of the molecule is O=C1CC(c2cccc(C3CC3)c2)N1. The van der Waals surface area contributed by atoms with Gasteiger partial charge in [-0.15, -0.1) is 0 Å². The fourth-order valence-electron chi connectivity index (χ4n) is 2.01. The normalized spacial score (nSPS) is 25.4. The van der Waals surface area contributed by atoms with Gasteiger partial charge in [0.15, 0.2) is 0 Å². The van der Waals surface area contributed by atoms with Crippen molar-refractivity contribution in [2.75, 3.05) is 0 Å². The minimum absolute atomic E-state index is 0.173. The third kappa shape index (κ3) is 1.31. The molecule has 0 radical (unpaired) electrons. The van der Waals surface area contributed by atoms with E-state index in [0.717, 1.165) is 5.92 Å². The van der Waals surface area contributed by atoms with Crippen LogP contribution in [0.15, 0.2) is 24.3 Å². The maximum absolute atomic E-state index is 10.8. The van der Waals surface area contributed by atoms with Gasteiger partial charge in [-0.25, -0.2) is 0 Å². The number of carbonyl (C=O) groups is 1. The Morgan fingerprint density at radius 2 is 1.93 bits per heavy atom. The Bertz CT molecular complexity index is 374. The average Bonchev–Trinajstić information content (AvgIpc) is 2.96. The van der Waals surface area contributed by atoms with Crippen LogP contribution in [0.1, 0.15) is 42.3 Å². The number of amides is 1. The van der Waals surface area contributed by atoms with Crippen LogP contribution in [0.25, 0.3) is 0 Å². The first-order chi connectivity index (χ1) is 6.83. The molecule has 1 unspecified atom stereocenters. The van der Waals surface area contributed by atoms with E-state index in [-0.39, 0.29) is 11.9 Å². The number of hydrogen-bond acceptors (Lipinski definition) is 1. The second kappa shape index (κ2) is 2.84. The minimum Gasteiger partial charge on any atom is -0.349 e. The van der Waals surface area contributed by atoms with Crippen LogP contribution in [0.3, 0.4) is 0 Å². The molecule has 2 aliphatic rings. The van der Waals surface area contributed by atoms with Crippen molar-refractivity contribution in [2.45, 2.75) is 31.2 Å². The lowest BCUT2D eigenvalue weighted by molar-refractivity contribution is -0.128. The fraction of sp³-hybridized carbons (Fsp3) is 0.417. The third-order valence-electron chi connectivity index (χ3n) is 3.09. The van der Waals surface area contributed by atoms with Crippen molar-refractivity contribution >= 4 is 5.91 Å². The van der Waals surface area contributed by atoms with Crippen LogP contribution in [0, 0.1) is 0 Å². The Kier molecular flexibility index (Phi) is 1.63. The van der Waals surface area contributed by atoms with Crippen LogP contribution >= 0.6 is 0 Å². The Hall–Kier alpha value is -1.31. The summed E-state index contributed by atoms with van der Waals surface area (Å²) < 4.78 is 0. The van der Waals surface area contributed by atoms with Gasteiger partial charge in [-0.2, -0.15) is 0 Å². The quantitative estimate of drug-likeness (QED) is 0.706. The topological polar surface area (TPSA) is 29.1 Å². The molecule has 1 aliphatic carbocycles. The van der Waals surface area contributed by atoms with E-state index in [1.807, 2.05) is 0 Å². The molecule has 1 saturated carbocycles. The second-order valence-corrected chi connectivity index (χ2v) is 4.27. The van der Waals surface area contributed by atoms with Crippen LogP contribution < -0.4 is 5.32 Å². The zero-order valence-electron chi connectivity index (χ0n) is 7.99. The first kappa shape index (κ1) is 8.04. The predicted octanol–water partition coefficient (Wildman–Crippen LogP) is 2.12. The van der Waals surface area contributed by atoms with E-state index in [1.54, 1.807) is 0 Å². The van der Waals surface area contributed by atoms with E-state index in [2.05, 4.69) is 29.6 Å². The molecule has 1 atom stereocenters. The molecule has 3 rings (SSSR count).